The lowest BCUT2D eigenvalue weighted by Gasteiger charge is -2.21. The van der Waals surface area contributed by atoms with Crippen LogP contribution in [0.4, 0.5) is 5.69 Å². The number of rotatable bonds is 11. The minimum absolute atomic E-state index is 0.0518. The molecule has 2 saturated carbocycles. The average molecular weight is 567 g/mol. The maximum Gasteiger partial charge on any atom is 0.262 e. The van der Waals surface area contributed by atoms with Crippen LogP contribution in [0.2, 0.25) is 5.02 Å². The molecule has 2 amide bonds. The van der Waals surface area contributed by atoms with Gasteiger partial charge in [0.2, 0.25) is 5.91 Å². The second-order valence-electron chi connectivity index (χ2n) is 10.5. The summed E-state index contributed by atoms with van der Waals surface area (Å²) in [4.78, 5) is 32.3. The number of methoxy groups -OCH3 is 1. The minimum Gasteiger partial charge on any atom is -0.497 e. The molecule has 0 bridgehead atoms. The van der Waals surface area contributed by atoms with E-state index in [0.717, 1.165) is 53.3 Å². The van der Waals surface area contributed by atoms with Crippen LogP contribution in [-0.2, 0) is 4.79 Å². The van der Waals surface area contributed by atoms with E-state index in [0.29, 0.717) is 22.2 Å². The summed E-state index contributed by atoms with van der Waals surface area (Å²) in [6, 6.07) is 13.0. The number of aromatic nitrogens is 1. The lowest BCUT2D eigenvalue weighted by molar-refractivity contribution is -0.123. The van der Waals surface area contributed by atoms with E-state index in [-0.39, 0.29) is 23.9 Å². The molecule has 2 fully saturated rings. The topological polar surface area (TPSA) is 92.3 Å². The Morgan fingerprint density at radius 2 is 1.85 bits per heavy atom. The summed E-state index contributed by atoms with van der Waals surface area (Å²) in [5.74, 6) is 1.02. The van der Waals surface area contributed by atoms with Crippen LogP contribution in [0.5, 0.6) is 5.75 Å². The Bertz CT molecular complexity index is 1300. The summed E-state index contributed by atoms with van der Waals surface area (Å²) in [5.41, 5.74) is 2.51. The van der Waals surface area contributed by atoms with Crippen LogP contribution >= 0.6 is 22.9 Å². The molecule has 1 aromatic carbocycles. The lowest BCUT2D eigenvalue weighted by Crippen LogP contribution is -2.48. The number of anilines is 1. The molecule has 2 aliphatic carbocycles. The standard InChI is InChI=1S/C30H35ClN4O3S/c1-18(33-24-16-21(31)17-32-28(24)20-7-11-23(38-2)12-8-20)26-13-14-27(39-26)30(37)35-25(15-19-5-3-4-6-19)29(36)34-22-9-10-22/h7-8,11-14,16-19,22,25,33H,3-6,9-10,15H2,1-2H3,(H,34,36)(H,35,37)/t18-,25+/m1/s1. The molecule has 7 nitrogen and oxygen atoms in total. The van der Waals surface area contributed by atoms with Crippen molar-refractivity contribution in [1.29, 1.82) is 0 Å². The zero-order chi connectivity index (χ0) is 27.4. The number of carbonyl (C=O) groups excluding carboxylic acids is 2. The predicted octanol–water partition coefficient (Wildman–Crippen LogP) is 6.60. The van der Waals surface area contributed by atoms with Gasteiger partial charge in [-0.2, -0.15) is 0 Å². The summed E-state index contributed by atoms with van der Waals surface area (Å²) in [5, 5.41) is 10.2. The van der Waals surface area contributed by atoms with Crippen molar-refractivity contribution >= 4 is 40.4 Å². The monoisotopic (exact) mass is 566 g/mol. The van der Waals surface area contributed by atoms with Crippen molar-refractivity contribution in [2.24, 2.45) is 5.92 Å². The number of halogens is 1. The summed E-state index contributed by atoms with van der Waals surface area (Å²) in [6.45, 7) is 2.04. The Kier molecular flexibility index (Phi) is 8.72. The summed E-state index contributed by atoms with van der Waals surface area (Å²) < 4.78 is 5.28. The van der Waals surface area contributed by atoms with Crippen molar-refractivity contribution in [3.8, 4) is 17.0 Å². The second kappa shape index (κ2) is 12.4. The third-order valence-electron chi connectivity index (χ3n) is 7.46. The fourth-order valence-corrected chi connectivity index (χ4v) is 6.18. The van der Waals surface area contributed by atoms with E-state index in [1.54, 1.807) is 13.3 Å². The van der Waals surface area contributed by atoms with Gasteiger partial charge in [-0.1, -0.05) is 37.3 Å². The fourth-order valence-electron chi connectivity index (χ4n) is 5.11. The molecule has 0 aliphatic heterocycles. The van der Waals surface area contributed by atoms with Crippen LogP contribution in [0.3, 0.4) is 0 Å². The van der Waals surface area contributed by atoms with Gasteiger partial charge in [0.05, 0.1) is 34.4 Å². The van der Waals surface area contributed by atoms with E-state index in [9.17, 15) is 9.59 Å². The lowest BCUT2D eigenvalue weighted by atomic mass is 9.97. The smallest absolute Gasteiger partial charge is 0.262 e. The maximum absolute atomic E-state index is 13.2. The molecular weight excluding hydrogens is 532 g/mol. The number of hydrogen-bond donors (Lipinski definition) is 3. The first kappa shape index (κ1) is 27.5. The van der Waals surface area contributed by atoms with Gasteiger partial charge >= 0.3 is 0 Å². The number of amides is 2. The van der Waals surface area contributed by atoms with Gasteiger partial charge < -0.3 is 20.7 Å². The van der Waals surface area contributed by atoms with Gasteiger partial charge in [-0.3, -0.25) is 14.6 Å². The first-order valence-corrected chi connectivity index (χ1v) is 14.9. The molecule has 9 heteroatoms. The van der Waals surface area contributed by atoms with Crippen molar-refractivity contribution in [2.75, 3.05) is 12.4 Å². The van der Waals surface area contributed by atoms with Gasteiger partial charge in [-0.25, -0.2) is 0 Å². The van der Waals surface area contributed by atoms with E-state index < -0.39 is 6.04 Å². The molecule has 0 radical (unpaired) electrons. The van der Waals surface area contributed by atoms with E-state index in [1.807, 2.05) is 49.4 Å². The molecule has 0 unspecified atom stereocenters. The fraction of sp³-hybridized carbons (Fsp3) is 0.433. The number of nitrogens with zero attached hydrogens (tertiary/aromatic N) is 1. The zero-order valence-electron chi connectivity index (χ0n) is 22.3. The Morgan fingerprint density at radius 3 is 2.54 bits per heavy atom. The number of ether oxygens (including phenoxy) is 1. The van der Waals surface area contributed by atoms with Gasteiger partial charge in [0, 0.05) is 22.7 Å². The summed E-state index contributed by atoms with van der Waals surface area (Å²) >= 11 is 7.72. The van der Waals surface area contributed by atoms with E-state index >= 15 is 0 Å². The van der Waals surface area contributed by atoms with Crippen molar-refractivity contribution in [3.63, 3.8) is 0 Å². The predicted molar refractivity (Wildman–Crippen MR) is 157 cm³/mol. The summed E-state index contributed by atoms with van der Waals surface area (Å²) in [7, 11) is 1.64. The zero-order valence-corrected chi connectivity index (χ0v) is 23.9. The maximum atomic E-state index is 13.2. The Morgan fingerprint density at radius 1 is 1.10 bits per heavy atom. The van der Waals surface area contributed by atoms with E-state index in [1.165, 1.54) is 24.2 Å². The molecule has 2 aromatic heterocycles. The third kappa shape index (κ3) is 7.11. The molecular formula is C30H35ClN4O3S. The van der Waals surface area contributed by atoms with Crippen LogP contribution < -0.4 is 20.7 Å². The highest BCUT2D eigenvalue weighted by molar-refractivity contribution is 7.14. The molecule has 3 aromatic rings. The molecule has 0 saturated heterocycles. The average Bonchev–Trinajstić information content (AvgIpc) is 3.37. The van der Waals surface area contributed by atoms with Gasteiger partial charge in [0.15, 0.2) is 0 Å². The Balaban J connectivity index is 1.27. The highest BCUT2D eigenvalue weighted by Crippen LogP contribution is 2.34. The molecule has 2 atom stereocenters. The van der Waals surface area contributed by atoms with Gasteiger partial charge in [-0.15, -0.1) is 11.3 Å². The quantitative estimate of drug-likeness (QED) is 0.243. The van der Waals surface area contributed by atoms with Crippen LogP contribution in [0.15, 0.2) is 48.7 Å². The van der Waals surface area contributed by atoms with Gasteiger partial charge in [0.1, 0.15) is 11.8 Å². The highest BCUT2D eigenvalue weighted by Gasteiger charge is 2.31. The number of hydrogen-bond acceptors (Lipinski definition) is 6. The summed E-state index contributed by atoms with van der Waals surface area (Å²) in [6.07, 6.45) is 9.06. The largest absolute Gasteiger partial charge is 0.497 e. The van der Waals surface area contributed by atoms with Crippen LogP contribution in [0.25, 0.3) is 11.3 Å². The highest BCUT2D eigenvalue weighted by atomic mass is 35.5. The molecule has 3 N–H and O–H groups in total. The molecule has 206 valence electrons. The second-order valence-corrected chi connectivity index (χ2v) is 12.1. The number of pyridine rings is 1. The molecule has 0 spiro atoms. The van der Waals surface area contributed by atoms with Crippen molar-refractivity contribution in [1.82, 2.24) is 15.6 Å². The number of carbonyl (C=O) groups is 2. The number of nitrogens with one attached hydrogen (secondary N) is 3. The van der Waals surface area contributed by atoms with Crippen LogP contribution in [0, 0.1) is 5.92 Å². The minimum atomic E-state index is -0.494. The first-order valence-electron chi connectivity index (χ1n) is 13.7. The Hall–Kier alpha value is -3.10. The van der Waals surface area contributed by atoms with Crippen LogP contribution in [0.1, 0.15) is 72.5 Å². The van der Waals surface area contributed by atoms with Crippen molar-refractivity contribution in [2.45, 2.75) is 70.0 Å². The number of thiophene rings is 1. The SMILES string of the molecule is COc1ccc(-c2ncc(Cl)cc2N[C@H](C)c2ccc(C(=O)N[C@@H](CC3CCCC3)C(=O)NC3CC3)s2)cc1. The third-order valence-corrected chi connectivity index (χ3v) is 8.93. The number of benzene rings is 1. The van der Waals surface area contributed by atoms with Crippen LogP contribution in [-0.4, -0.2) is 36.0 Å². The first-order chi connectivity index (χ1) is 18.9. The normalized spacial score (nSPS) is 16.9. The van der Waals surface area contributed by atoms with Crippen molar-refractivity contribution in [3.05, 3.63) is 63.4 Å². The molecule has 2 aliphatic rings. The molecule has 2 heterocycles. The molecule has 5 rings (SSSR count). The van der Waals surface area contributed by atoms with Gasteiger partial charge in [-0.05, 0) is 74.6 Å². The van der Waals surface area contributed by atoms with E-state index in [4.69, 9.17) is 16.3 Å². The van der Waals surface area contributed by atoms with Crippen molar-refractivity contribution < 1.29 is 14.3 Å². The Labute approximate surface area is 238 Å². The van der Waals surface area contributed by atoms with Gasteiger partial charge in [0.25, 0.3) is 5.91 Å². The molecule has 39 heavy (non-hydrogen) atoms. The van der Waals surface area contributed by atoms with E-state index in [2.05, 4.69) is 20.9 Å².